The van der Waals surface area contributed by atoms with Crippen LogP contribution in [0.2, 0.25) is 0 Å². The number of nitrogens with one attached hydrogen (secondary N) is 2. The normalized spacial score (nSPS) is 17.8. The number of hydrogen-bond acceptors (Lipinski definition) is 7. The van der Waals surface area contributed by atoms with Crippen molar-refractivity contribution in [1.82, 2.24) is 15.5 Å². The average Bonchev–Trinajstić information content (AvgIpc) is 3.31. The van der Waals surface area contributed by atoms with Gasteiger partial charge in [0.2, 0.25) is 23.6 Å². The van der Waals surface area contributed by atoms with E-state index in [1.54, 1.807) is 42.1 Å². The number of primary amides is 1. The summed E-state index contributed by atoms with van der Waals surface area (Å²) in [5, 5.41) is 14.3. The van der Waals surface area contributed by atoms with Gasteiger partial charge in [0, 0.05) is 13.0 Å². The SMILES string of the molecule is CSCCC(N)C(=O)N1CCCC1C(=O)NC(Cc1ccccc1)C(=O)NC(CC(N)=O)C(=O)O. The van der Waals surface area contributed by atoms with E-state index in [1.807, 2.05) is 6.26 Å². The maximum Gasteiger partial charge on any atom is 0.326 e. The lowest BCUT2D eigenvalue weighted by Crippen LogP contribution is -2.57. The van der Waals surface area contributed by atoms with E-state index in [0.29, 0.717) is 31.6 Å². The molecule has 1 aliphatic heterocycles. The van der Waals surface area contributed by atoms with E-state index >= 15 is 0 Å². The Kier molecular flexibility index (Phi) is 11.0. The average molecular weight is 508 g/mol. The molecule has 2 rings (SSSR count). The van der Waals surface area contributed by atoms with Gasteiger partial charge in [0.15, 0.2) is 0 Å². The van der Waals surface area contributed by atoms with Crippen LogP contribution in [0, 0.1) is 0 Å². The second-order valence-corrected chi connectivity index (χ2v) is 9.38. The molecular weight excluding hydrogens is 474 g/mol. The summed E-state index contributed by atoms with van der Waals surface area (Å²) in [6, 6.07) is 4.70. The summed E-state index contributed by atoms with van der Waals surface area (Å²) in [6.07, 6.45) is 2.93. The minimum Gasteiger partial charge on any atom is -0.480 e. The number of carboxylic acid groups (broad SMARTS) is 1. The molecule has 0 saturated carbocycles. The van der Waals surface area contributed by atoms with Gasteiger partial charge in [-0.05, 0) is 36.8 Å². The number of amides is 4. The molecule has 0 radical (unpaired) electrons. The van der Waals surface area contributed by atoms with Gasteiger partial charge in [0.25, 0.3) is 0 Å². The van der Waals surface area contributed by atoms with Crippen LogP contribution in [-0.2, 0) is 30.4 Å². The third kappa shape index (κ3) is 8.55. The molecule has 0 aromatic heterocycles. The zero-order valence-electron chi connectivity index (χ0n) is 19.6. The number of carbonyl (C=O) groups excluding carboxylic acids is 4. The monoisotopic (exact) mass is 507 g/mol. The molecule has 0 aliphatic carbocycles. The number of rotatable bonds is 13. The number of aliphatic carboxylic acids is 1. The molecule has 4 atom stereocenters. The van der Waals surface area contributed by atoms with Crippen molar-refractivity contribution in [2.45, 2.75) is 56.3 Å². The Hall–Kier alpha value is -3.12. The zero-order chi connectivity index (χ0) is 26.0. The molecule has 1 saturated heterocycles. The molecule has 4 unspecified atom stereocenters. The first kappa shape index (κ1) is 28.1. The van der Waals surface area contributed by atoms with Crippen molar-refractivity contribution in [3.8, 4) is 0 Å². The number of nitrogens with two attached hydrogens (primary N) is 2. The molecule has 1 heterocycles. The molecule has 4 amide bonds. The first-order valence-corrected chi connectivity index (χ1v) is 12.7. The highest BCUT2D eigenvalue weighted by Crippen LogP contribution is 2.20. The van der Waals surface area contributed by atoms with Crippen molar-refractivity contribution >= 4 is 41.4 Å². The van der Waals surface area contributed by atoms with Crippen molar-refractivity contribution in [2.75, 3.05) is 18.6 Å². The predicted octanol–water partition coefficient (Wildman–Crippen LogP) is -0.770. The smallest absolute Gasteiger partial charge is 0.326 e. The first-order chi connectivity index (χ1) is 16.6. The Morgan fingerprint density at radius 2 is 1.83 bits per heavy atom. The molecule has 0 spiro atoms. The largest absolute Gasteiger partial charge is 0.480 e. The summed E-state index contributed by atoms with van der Waals surface area (Å²) >= 11 is 1.57. The lowest BCUT2D eigenvalue weighted by Gasteiger charge is -2.28. The quantitative estimate of drug-likeness (QED) is 0.230. The highest BCUT2D eigenvalue weighted by molar-refractivity contribution is 7.98. The van der Waals surface area contributed by atoms with E-state index in [4.69, 9.17) is 11.5 Å². The summed E-state index contributed by atoms with van der Waals surface area (Å²) in [7, 11) is 0. The maximum absolute atomic E-state index is 13.2. The van der Waals surface area contributed by atoms with E-state index in [2.05, 4.69) is 10.6 Å². The standard InChI is InChI=1S/C23H33N5O6S/c1-35-11-9-15(24)22(32)28-10-5-8-18(28)21(31)26-16(12-14-6-3-2-4-7-14)20(30)27-17(23(33)34)13-19(25)29/h2-4,6-7,15-18H,5,8-13,24H2,1H3,(H2,25,29)(H,26,31)(H,27,30)(H,33,34). The van der Waals surface area contributed by atoms with Gasteiger partial charge in [-0.2, -0.15) is 11.8 Å². The van der Waals surface area contributed by atoms with Crippen molar-refractivity contribution in [3.05, 3.63) is 35.9 Å². The third-order valence-corrected chi connectivity index (χ3v) is 6.37. The fourth-order valence-electron chi connectivity index (χ4n) is 3.88. The van der Waals surface area contributed by atoms with E-state index in [9.17, 15) is 29.1 Å². The topological polar surface area (TPSA) is 185 Å². The van der Waals surface area contributed by atoms with Crippen molar-refractivity contribution in [3.63, 3.8) is 0 Å². The van der Waals surface area contributed by atoms with Crippen LogP contribution in [0.1, 0.15) is 31.2 Å². The number of likely N-dealkylation sites (tertiary alicyclic amines) is 1. The second kappa shape index (κ2) is 13.7. The molecule has 0 bridgehead atoms. The zero-order valence-corrected chi connectivity index (χ0v) is 20.5. The fraction of sp³-hybridized carbons (Fsp3) is 0.522. The number of thioether (sulfide) groups is 1. The van der Waals surface area contributed by atoms with Crippen LogP contribution in [0.4, 0.5) is 0 Å². The molecule has 192 valence electrons. The molecular formula is C23H33N5O6S. The second-order valence-electron chi connectivity index (χ2n) is 8.40. The van der Waals surface area contributed by atoms with Gasteiger partial charge in [-0.15, -0.1) is 0 Å². The molecule has 11 nitrogen and oxygen atoms in total. The molecule has 7 N–H and O–H groups in total. The number of carboxylic acids is 1. The van der Waals surface area contributed by atoms with E-state index in [1.165, 1.54) is 4.90 Å². The van der Waals surface area contributed by atoms with Crippen LogP contribution in [-0.4, -0.2) is 82.3 Å². The maximum atomic E-state index is 13.2. The van der Waals surface area contributed by atoms with Crippen LogP contribution in [0.5, 0.6) is 0 Å². The van der Waals surface area contributed by atoms with Gasteiger partial charge >= 0.3 is 5.97 Å². The van der Waals surface area contributed by atoms with Crippen LogP contribution >= 0.6 is 11.8 Å². The van der Waals surface area contributed by atoms with Gasteiger partial charge in [-0.25, -0.2) is 4.79 Å². The third-order valence-electron chi connectivity index (χ3n) is 5.72. The number of benzene rings is 1. The minimum atomic E-state index is -1.53. The Morgan fingerprint density at radius 1 is 1.14 bits per heavy atom. The van der Waals surface area contributed by atoms with Crippen LogP contribution in [0.3, 0.4) is 0 Å². The lowest BCUT2D eigenvalue weighted by atomic mass is 10.0. The van der Waals surface area contributed by atoms with Gasteiger partial charge in [-0.3, -0.25) is 19.2 Å². The first-order valence-electron chi connectivity index (χ1n) is 11.3. The molecule has 1 aromatic rings. The summed E-state index contributed by atoms with van der Waals surface area (Å²) < 4.78 is 0. The minimum absolute atomic E-state index is 0.0786. The van der Waals surface area contributed by atoms with Crippen molar-refractivity contribution in [2.24, 2.45) is 11.5 Å². The van der Waals surface area contributed by atoms with Crippen LogP contribution in [0.25, 0.3) is 0 Å². The summed E-state index contributed by atoms with van der Waals surface area (Å²) in [5.41, 5.74) is 11.9. The number of carbonyl (C=O) groups is 5. The van der Waals surface area contributed by atoms with E-state index in [0.717, 1.165) is 5.56 Å². The van der Waals surface area contributed by atoms with E-state index in [-0.39, 0.29) is 12.3 Å². The lowest BCUT2D eigenvalue weighted by molar-refractivity contribution is -0.144. The van der Waals surface area contributed by atoms with Crippen molar-refractivity contribution in [1.29, 1.82) is 0 Å². The molecule has 12 heteroatoms. The fourth-order valence-corrected chi connectivity index (χ4v) is 4.37. The van der Waals surface area contributed by atoms with Gasteiger partial charge in [0.1, 0.15) is 18.1 Å². The van der Waals surface area contributed by atoms with Crippen LogP contribution in [0.15, 0.2) is 30.3 Å². The van der Waals surface area contributed by atoms with Crippen LogP contribution < -0.4 is 22.1 Å². The molecule has 1 aromatic carbocycles. The van der Waals surface area contributed by atoms with Gasteiger partial charge < -0.3 is 32.1 Å². The number of nitrogens with zero attached hydrogens (tertiary/aromatic N) is 1. The molecule has 1 fully saturated rings. The highest BCUT2D eigenvalue weighted by atomic mass is 32.2. The molecule has 35 heavy (non-hydrogen) atoms. The summed E-state index contributed by atoms with van der Waals surface area (Å²) in [6.45, 7) is 0.388. The Bertz CT molecular complexity index is 915. The van der Waals surface area contributed by atoms with Crippen molar-refractivity contribution < 1.29 is 29.1 Å². The van der Waals surface area contributed by atoms with Gasteiger partial charge in [0.05, 0.1) is 12.5 Å². The molecule has 1 aliphatic rings. The highest BCUT2D eigenvalue weighted by Gasteiger charge is 2.38. The Labute approximate surface area is 208 Å². The number of hydrogen-bond donors (Lipinski definition) is 5. The summed E-state index contributed by atoms with van der Waals surface area (Å²) in [4.78, 5) is 63.1. The Morgan fingerprint density at radius 3 is 2.43 bits per heavy atom. The van der Waals surface area contributed by atoms with E-state index < -0.39 is 54.3 Å². The van der Waals surface area contributed by atoms with Gasteiger partial charge in [-0.1, -0.05) is 30.3 Å². The predicted molar refractivity (Wildman–Crippen MR) is 131 cm³/mol. The summed E-state index contributed by atoms with van der Waals surface area (Å²) in [5.74, 6) is -3.21. The Balaban J connectivity index is 2.17.